The van der Waals surface area contributed by atoms with Crippen LogP contribution >= 0.6 is 11.6 Å². The maximum Gasteiger partial charge on any atom is 0.224 e. The van der Waals surface area contributed by atoms with Crippen molar-refractivity contribution < 1.29 is 14.3 Å². The summed E-state index contributed by atoms with van der Waals surface area (Å²) < 4.78 is 16.8. The van der Waals surface area contributed by atoms with Crippen molar-refractivity contribution in [1.82, 2.24) is 19.5 Å². The summed E-state index contributed by atoms with van der Waals surface area (Å²) in [5, 5.41) is 25.5. The number of nitrogens with one attached hydrogen (secondary N) is 2. The molecule has 0 spiro atoms. The van der Waals surface area contributed by atoms with Crippen molar-refractivity contribution in [2.24, 2.45) is 11.7 Å². The lowest BCUT2D eigenvalue weighted by Gasteiger charge is -2.29. The van der Waals surface area contributed by atoms with Crippen LogP contribution < -0.4 is 16.4 Å². The molecule has 10 nitrogen and oxygen atoms in total. The fraction of sp³-hybridized carbons (Fsp3) is 0.480. The molecule has 2 aliphatic carbocycles. The molecule has 0 aliphatic heterocycles. The summed E-state index contributed by atoms with van der Waals surface area (Å²) in [7, 11) is 0. The van der Waals surface area contributed by atoms with E-state index < -0.39 is 5.82 Å². The molecule has 1 aromatic carbocycles. The van der Waals surface area contributed by atoms with E-state index in [-0.39, 0.29) is 46.3 Å². The third-order valence-electron chi connectivity index (χ3n) is 7.28. The molecule has 2 aromatic heterocycles. The predicted molar refractivity (Wildman–Crippen MR) is 137 cm³/mol. The molecule has 5 N–H and O–H groups in total. The van der Waals surface area contributed by atoms with Gasteiger partial charge in [0.05, 0.1) is 34.6 Å². The summed E-state index contributed by atoms with van der Waals surface area (Å²) in [5.41, 5.74) is 6.72. The minimum atomic E-state index is -0.676. The number of hydrogen-bond donors (Lipinski definition) is 4. The first-order chi connectivity index (χ1) is 17.8. The van der Waals surface area contributed by atoms with Gasteiger partial charge >= 0.3 is 0 Å². The van der Waals surface area contributed by atoms with Crippen molar-refractivity contribution in [3.8, 4) is 6.07 Å². The summed E-state index contributed by atoms with van der Waals surface area (Å²) >= 11 is 6.30. The summed E-state index contributed by atoms with van der Waals surface area (Å²) in [6.45, 7) is 0. The number of nitrogens with zero attached hydrogens (tertiary/aromatic N) is 5. The minimum absolute atomic E-state index is 0.00513. The molecule has 5 rings (SSSR count). The van der Waals surface area contributed by atoms with E-state index in [1.807, 2.05) is 10.6 Å². The molecule has 0 bridgehead atoms. The van der Waals surface area contributed by atoms with Crippen LogP contribution in [-0.4, -0.2) is 42.7 Å². The molecule has 0 unspecified atom stereocenters. The zero-order valence-corrected chi connectivity index (χ0v) is 20.9. The molecule has 194 valence electrons. The van der Waals surface area contributed by atoms with Crippen molar-refractivity contribution >= 4 is 46.3 Å². The largest absolute Gasteiger partial charge is 0.393 e. The Morgan fingerprint density at radius 2 is 2.00 bits per heavy atom. The maximum absolute atomic E-state index is 14.9. The third-order valence-corrected chi connectivity index (χ3v) is 7.58. The molecule has 12 heteroatoms. The molecule has 2 aliphatic rings. The average Bonchev–Trinajstić information content (AvgIpc) is 3.23. The number of carbonyl (C=O) groups excluding carboxylic acids is 1. The van der Waals surface area contributed by atoms with Crippen LogP contribution in [0.25, 0.3) is 11.2 Å². The van der Waals surface area contributed by atoms with E-state index >= 15 is 0 Å². The van der Waals surface area contributed by atoms with Crippen LogP contribution in [0, 0.1) is 23.1 Å². The van der Waals surface area contributed by atoms with E-state index in [9.17, 15) is 14.3 Å². The number of carbonyl (C=O) groups is 1. The number of aromatic nitrogens is 4. The Labute approximate surface area is 218 Å². The quantitative estimate of drug-likeness (QED) is 0.373. The van der Waals surface area contributed by atoms with Crippen molar-refractivity contribution in [2.45, 2.75) is 69.6 Å². The van der Waals surface area contributed by atoms with Gasteiger partial charge in [0, 0.05) is 18.0 Å². The standard InChI is InChI=1S/C25H28ClFN8O2/c26-18-8-13(11-28)9-19(27)21(18)33-25-32-20-12-30-24(31-15-2-1-3-17(36)10-15)34-23(20)35(25)16-6-4-14(5-7-16)22(29)37/h8-9,12,14-17,36H,1-7,10H2,(H2,29,37)(H,32,33)(H,30,31,34)/t14-,15-,16-,17-/m0/s1. The molecular formula is C25H28ClFN8O2. The Kier molecular flexibility index (Phi) is 7.13. The lowest BCUT2D eigenvalue weighted by atomic mass is 9.85. The Bertz CT molecular complexity index is 1340. The molecule has 1 amide bonds. The number of halogens is 2. The third kappa shape index (κ3) is 5.31. The van der Waals surface area contributed by atoms with Crippen LogP contribution in [0.2, 0.25) is 5.02 Å². The first-order valence-corrected chi connectivity index (χ1v) is 12.8. The Balaban J connectivity index is 1.52. The van der Waals surface area contributed by atoms with Gasteiger partial charge in [0.15, 0.2) is 5.65 Å². The number of nitriles is 1. The highest BCUT2D eigenvalue weighted by Gasteiger charge is 2.30. The zero-order chi connectivity index (χ0) is 26.1. The summed E-state index contributed by atoms with van der Waals surface area (Å²) in [6.07, 6.45) is 7.11. The molecule has 37 heavy (non-hydrogen) atoms. The van der Waals surface area contributed by atoms with Crippen molar-refractivity contribution in [1.29, 1.82) is 5.26 Å². The molecule has 2 saturated carbocycles. The van der Waals surface area contributed by atoms with Crippen LogP contribution in [-0.2, 0) is 4.79 Å². The molecule has 0 saturated heterocycles. The van der Waals surface area contributed by atoms with Gasteiger partial charge in [-0.2, -0.15) is 10.2 Å². The minimum Gasteiger partial charge on any atom is -0.393 e. The second kappa shape index (κ2) is 10.5. The van der Waals surface area contributed by atoms with E-state index in [0.29, 0.717) is 55.2 Å². The lowest BCUT2D eigenvalue weighted by Crippen LogP contribution is -2.30. The Morgan fingerprint density at radius 3 is 2.68 bits per heavy atom. The topological polar surface area (TPSA) is 155 Å². The van der Waals surface area contributed by atoms with Crippen molar-refractivity contribution in [3.63, 3.8) is 0 Å². The number of aliphatic hydroxyl groups excluding tert-OH is 1. The second-order valence-corrected chi connectivity index (χ2v) is 10.2. The number of aliphatic hydroxyl groups is 1. The second-order valence-electron chi connectivity index (χ2n) is 9.83. The zero-order valence-electron chi connectivity index (χ0n) is 20.1. The number of imidazole rings is 1. The first kappa shape index (κ1) is 25.2. The maximum atomic E-state index is 14.9. The van der Waals surface area contributed by atoms with Crippen LogP contribution in [0.15, 0.2) is 18.3 Å². The predicted octanol–water partition coefficient (Wildman–Crippen LogP) is 4.17. The van der Waals surface area contributed by atoms with Gasteiger partial charge < -0.3 is 21.5 Å². The van der Waals surface area contributed by atoms with Crippen LogP contribution in [0.4, 0.5) is 22.0 Å². The van der Waals surface area contributed by atoms with E-state index in [4.69, 9.17) is 27.6 Å². The molecule has 2 fully saturated rings. The van der Waals surface area contributed by atoms with Gasteiger partial charge in [-0.25, -0.2) is 14.4 Å². The van der Waals surface area contributed by atoms with Gasteiger partial charge in [-0.3, -0.25) is 9.36 Å². The fourth-order valence-electron chi connectivity index (χ4n) is 5.36. The molecule has 3 aromatic rings. The highest BCUT2D eigenvalue weighted by atomic mass is 35.5. The Hall–Kier alpha value is -3.49. The number of primary amides is 1. The summed E-state index contributed by atoms with van der Waals surface area (Å²) in [5.74, 6) is -0.403. The van der Waals surface area contributed by atoms with Crippen LogP contribution in [0.1, 0.15) is 63.0 Å². The number of benzene rings is 1. The Morgan fingerprint density at radius 1 is 1.22 bits per heavy atom. The van der Waals surface area contributed by atoms with Crippen LogP contribution in [0.3, 0.4) is 0 Å². The smallest absolute Gasteiger partial charge is 0.224 e. The number of fused-ring (bicyclic) bond motifs is 1. The molecule has 2 heterocycles. The van der Waals surface area contributed by atoms with Gasteiger partial charge in [-0.15, -0.1) is 0 Å². The summed E-state index contributed by atoms with van der Waals surface area (Å²) in [6, 6.07) is 4.38. The number of hydrogen-bond acceptors (Lipinski definition) is 8. The van der Waals surface area contributed by atoms with E-state index in [1.54, 1.807) is 6.20 Å². The van der Waals surface area contributed by atoms with Gasteiger partial charge in [-0.1, -0.05) is 11.6 Å². The van der Waals surface area contributed by atoms with Gasteiger partial charge in [0.2, 0.25) is 17.8 Å². The van der Waals surface area contributed by atoms with Gasteiger partial charge in [-0.05, 0) is 63.5 Å². The van der Waals surface area contributed by atoms with Crippen molar-refractivity contribution in [3.05, 3.63) is 34.7 Å². The SMILES string of the molecule is N#Cc1cc(F)c(Nc2nc3cnc(N[C@H]4CCC[C@H](O)C4)nc3n2[C@H]2CC[C@H](C(N)=O)CC2)c(Cl)c1. The van der Waals surface area contributed by atoms with Crippen LogP contribution in [0.5, 0.6) is 0 Å². The van der Waals surface area contributed by atoms with Crippen molar-refractivity contribution in [2.75, 3.05) is 10.6 Å². The van der Waals surface area contributed by atoms with Gasteiger partial charge in [0.25, 0.3) is 0 Å². The first-order valence-electron chi connectivity index (χ1n) is 12.5. The van der Waals surface area contributed by atoms with E-state index in [1.165, 1.54) is 6.07 Å². The lowest BCUT2D eigenvalue weighted by molar-refractivity contribution is -0.122. The number of anilines is 3. The van der Waals surface area contributed by atoms with Gasteiger partial charge in [0.1, 0.15) is 11.3 Å². The normalized spacial score (nSPS) is 23.9. The number of nitrogens with two attached hydrogens (primary N) is 1. The highest BCUT2D eigenvalue weighted by Crippen LogP contribution is 2.38. The monoisotopic (exact) mass is 526 g/mol. The molecular weight excluding hydrogens is 499 g/mol. The fourth-order valence-corrected chi connectivity index (χ4v) is 5.61. The average molecular weight is 527 g/mol. The van der Waals surface area contributed by atoms with E-state index in [0.717, 1.165) is 25.3 Å². The molecule has 2 atom stereocenters. The summed E-state index contributed by atoms with van der Waals surface area (Å²) in [4.78, 5) is 25.5. The highest BCUT2D eigenvalue weighted by molar-refractivity contribution is 6.33. The number of rotatable bonds is 6. The van der Waals surface area contributed by atoms with E-state index in [2.05, 4.69) is 20.6 Å². The molecule has 0 radical (unpaired) electrons. The number of amides is 1.